The smallest absolute Gasteiger partial charge is 0.248 e. The van der Waals surface area contributed by atoms with Crippen molar-refractivity contribution in [1.29, 1.82) is 0 Å². The van der Waals surface area contributed by atoms with Crippen LogP contribution in [0.2, 0.25) is 0 Å². The average Bonchev–Trinajstić information content (AvgIpc) is 2.34. The fourth-order valence-corrected chi connectivity index (χ4v) is 3.30. The van der Waals surface area contributed by atoms with Crippen LogP contribution in [0.3, 0.4) is 0 Å². The predicted molar refractivity (Wildman–Crippen MR) is 72.4 cm³/mol. The first-order valence-corrected chi connectivity index (χ1v) is 7.41. The number of hydrogen-bond donors (Lipinski definition) is 0. The van der Waals surface area contributed by atoms with E-state index >= 15 is 0 Å². The second-order valence-electron chi connectivity index (χ2n) is 6.74. The van der Waals surface area contributed by atoms with Crippen LogP contribution in [-0.2, 0) is 9.53 Å². The van der Waals surface area contributed by atoms with Gasteiger partial charge in [-0.1, -0.05) is 12.8 Å². The van der Waals surface area contributed by atoms with E-state index in [1.54, 1.807) is 0 Å². The van der Waals surface area contributed by atoms with Crippen molar-refractivity contribution in [2.75, 3.05) is 13.2 Å². The van der Waals surface area contributed by atoms with Crippen molar-refractivity contribution in [3.05, 3.63) is 0 Å². The van der Waals surface area contributed by atoms with Crippen molar-refractivity contribution in [2.45, 2.75) is 70.9 Å². The van der Waals surface area contributed by atoms with Gasteiger partial charge in [-0.25, -0.2) is 0 Å². The van der Waals surface area contributed by atoms with Gasteiger partial charge in [0.2, 0.25) is 5.91 Å². The van der Waals surface area contributed by atoms with Gasteiger partial charge < -0.3 is 9.64 Å². The molecule has 3 heteroatoms. The molecule has 104 valence electrons. The van der Waals surface area contributed by atoms with Crippen LogP contribution in [0.4, 0.5) is 0 Å². The average molecular weight is 253 g/mol. The number of likely N-dealkylation sites (tertiary alicyclic amines) is 1. The molecule has 1 saturated carbocycles. The van der Waals surface area contributed by atoms with E-state index in [1.165, 1.54) is 38.5 Å². The van der Waals surface area contributed by atoms with Gasteiger partial charge in [-0.05, 0) is 52.4 Å². The SMILES string of the molecule is CC(C)(C)OCC(=O)N1CCC[C@H]2CCCC[C@H]21. The third-order valence-electron chi connectivity index (χ3n) is 4.19. The van der Waals surface area contributed by atoms with Gasteiger partial charge in [-0.3, -0.25) is 4.79 Å². The minimum absolute atomic E-state index is 0.196. The van der Waals surface area contributed by atoms with E-state index < -0.39 is 0 Å². The third-order valence-corrected chi connectivity index (χ3v) is 4.19. The maximum Gasteiger partial charge on any atom is 0.248 e. The first-order valence-electron chi connectivity index (χ1n) is 7.41. The highest BCUT2D eigenvalue weighted by Gasteiger charge is 2.35. The zero-order valence-corrected chi connectivity index (χ0v) is 12.1. The van der Waals surface area contributed by atoms with Crippen molar-refractivity contribution in [3.8, 4) is 0 Å². The maximum absolute atomic E-state index is 12.3. The molecule has 2 fully saturated rings. The zero-order valence-electron chi connectivity index (χ0n) is 12.1. The number of amides is 1. The first-order chi connectivity index (χ1) is 8.47. The first kappa shape index (κ1) is 13.9. The molecular formula is C15H27NO2. The number of nitrogens with zero attached hydrogens (tertiary/aromatic N) is 1. The molecule has 18 heavy (non-hydrogen) atoms. The normalized spacial score (nSPS) is 28.9. The lowest BCUT2D eigenvalue weighted by Gasteiger charge is -2.44. The van der Waals surface area contributed by atoms with Crippen molar-refractivity contribution in [2.24, 2.45) is 5.92 Å². The van der Waals surface area contributed by atoms with Gasteiger partial charge in [0, 0.05) is 12.6 Å². The van der Waals surface area contributed by atoms with Gasteiger partial charge in [0.25, 0.3) is 0 Å². The highest BCUT2D eigenvalue weighted by Crippen LogP contribution is 2.35. The van der Waals surface area contributed by atoms with Crippen LogP contribution in [0, 0.1) is 5.92 Å². The number of fused-ring (bicyclic) bond motifs is 1. The summed E-state index contributed by atoms with van der Waals surface area (Å²) in [4.78, 5) is 14.4. The lowest BCUT2D eigenvalue weighted by atomic mass is 9.78. The monoisotopic (exact) mass is 253 g/mol. The van der Waals surface area contributed by atoms with Gasteiger partial charge in [0.15, 0.2) is 0 Å². The number of carbonyl (C=O) groups is 1. The topological polar surface area (TPSA) is 29.5 Å². The van der Waals surface area contributed by atoms with Crippen molar-refractivity contribution < 1.29 is 9.53 Å². The standard InChI is InChI=1S/C15H27NO2/c1-15(2,3)18-11-14(17)16-10-6-8-12-7-4-5-9-13(12)16/h12-13H,4-11H2,1-3H3/t12-,13-/m1/s1. The van der Waals surface area contributed by atoms with E-state index in [2.05, 4.69) is 4.90 Å². The Morgan fingerprint density at radius 2 is 1.83 bits per heavy atom. The van der Waals surface area contributed by atoms with E-state index in [0.717, 1.165) is 12.5 Å². The molecule has 1 heterocycles. The van der Waals surface area contributed by atoms with E-state index in [-0.39, 0.29) is 18.1 Å². The van der Waals surface area contributed by atoms with Crippen LogP contribution in [-0.4, -0.2) is 35.6 Å². The molecule has 0 aromatic rings. The second-order valence-corrected chi connectivity index (χ2v) is 6.74. The van der Waals surface area contributed by atoms with Gasteiger partial charge in [-0.2, -0.15) is 0 Å². The molecule has 1 amide bonds. The quantitative estimate of drug-likeness (QED) is 0.757. The Bertz CT molecular complexity index is 293. The van der Waals surface area contributed by atoms with Crippen LogP contribution in [0.15, 0.2) is 0 Å². The largest absolute Gasteiger partial charge is 0.366 e. The molecule has 0 N–H and O–H groups in total. The van der Waals surface area contributed by atoms with Crippen LogP contribution in [0.5, 0.6) is 0 Å². The fraction of sp³-hybridized carbons (Fsp3) is 0.933. The molecule has 2 rings (SSSR count). The summed E-state index contributed by atoms with van der Waals surface area (Å²) in [7, 11) is 0. The molecular weight excluding hydrogens is 226 g/mol. The Labute approximate surface area is 111 Å². The van der Waals surface area contributed by atoms with E-state index in [4.69, 9.17) is 4.74 Å². The summed E-state index contributed by atoms with van der Waals surface area (Å²) in [6, 6.07) is 0.503. The molecule has 0 radical (unpaired) electrons. The predicted octanol–water partition coefficient (Wildman–Crippen LogP) is 2.98. The molecule has 0 aromatic carbocycles. The minimum atomic E-state index is -0.225. The summed E-state index contributed by atoms with van der Waals surface area (Å²) in [5.74, 6) is 0.951. The summed E-state index contributed by atoms with van der Waals surface area (Å²) < 4.78 is 5.63. The second kappa shape index (κ2) is 5.60. The Morgan fingerprint density at radius 3 is 2.56 bits per heavy atom. The third kappa shape index (κ3) is 3.47. The van der Waals surface area contributed by atoms with E-state index in [1.807, 2.05) is 20.8 Å². The number of rotatable bonds is 2. The molecule has 0 unspecified atom stereocenters. The lowest BCUT2D eigenvalue weighted by Crippen LogP contribution is -2.51. The van der Waals surface area contributed by atoms with Gasteiger partial charge in [0.1, 0.15) is 6.61 Å². The maximum atomic E-state index is 12.3. The van der Waals surface area contributed by atoms with Crippen LogP contribution in [0.1, 0.15) is 59.3 Å². The summed E-state index contributed by atoms with van der Waals surface area (Å²) in [5.41, 5.74) is -0.225. The number of piperidine rings is 1. The summed E-state index contributed by atoms with van der Waals surface area (Å²) in [5, 5.41) is 0. The number of ether oxygens (including phenoxy) is 1. The Kier molecular flexibility index (Phi) is 4.31. The lowest BCUT2D eigenvalue weighted by molar-refractivity contribution is -0.147. The van der Waals surface area contributed by atoms with Gasteiger partial charge in [0.05, 0.1) is 5.60 Å². The summed E-state index contributed by atoms with van der Waals surface area (Å²) in [6.45, 7) is 7.18. The molecule has 0 bridgehead atoms. The van der Waals surface area contributed by atoms with E-state index in [9.17, 15) is 4.79 Å². The van der Waals surface area contributed by atoms with Crippen molar-refractivity contribution >= 4 is 5.91 Å². The fourth-order valence-electron chi connectivity index (χ4n) is 3.30. The minimum Gasteiger partial charge on any atom is -0.366 e. The molecule has 0 aromatic heterocycles. The van der Waals surface area contributed by atoms with Gasteiger partial charge >= 0.3 is 0 Å². The molecule has 2 aliphatic rings. The molecule has 0 spiro atoms. The van der Waals surface area contributed by atoms with Crippen LogP contribution >= 0.6 is 0 Å². The molecule has 2 atom stereocenters. The zero-order chi connectivity index (χ0) is 13.2. The highest BCUT2D eigenvalue weighted by molar-refractivity contribution is 5.78. The number of hydrogen-bond acceptors (Lipinski definition) is 2. The number of carbonyl (C=O) groups excluding carboxylic acids is 1. The summed E-state index contributed by atoms with van der Waals surface area (Å²) >= 11 is 0. The van der Waals surface area contributed by atoms with E-state index in [0.29, 0.717) is 6.04 Å². The highest BCUT2D eigenvalue weighted by atomic mass is 16.5. The molecule has 3 nitrogen and oxygen atoms in total. The Hall–Kier alpha value is -0.570. The van der Waals surface area contributed by atoms with Crippen molar-refractivity contribution in [3.63, 3.8) is 0 Å². The molecule has 1 aliphatic heterocycles. The molecule has 1 saturated heterocycles. The van der Waals surface area contributed by atoms with Crippen molar-refractivity contribution in [1.82, 2.24) is 4.90 Å². The van der Waals surface area contributed by atoms with Crippen LogP contribution < -0.4 is 0 Å². The molecule has 1 aliphatic carbocycles. The Balaban J connectivity index is 1.91. The summed E-state index contributed by atoms with van der Waals surface area (Å²) in [6.07, 6.45) is 7.63. The van der Waals surface area contributed by atoms with Crippen LogP contribution in [0.25, 0.3) is 0 Å². The van der Waals surface area contributed by atoms with Gasteiger partial charge in [-0.15, -0.1) is 0 Å². The Morgan fingerprint density at radius 1 is 1.17 bits per heavy atom.